The molecule has 0 aromatic heterocycles. The minimum atomic E-state index is -0.699. The lowest BCUT2D eigenvalue weighted by atomic mass is 10.0. The normalized spacial score (nSPS) is 15.0. The lowest BCUT2D eigenvalue weighted by Crippen LogP contribution is -2.37. The fourth-order valence-electron chi connectivity index (χ4n) is 3.77. The van der Waals surface area contributed by atoms with Gasteiger partial charge in [-0.25, -0.2) is 8.78 Å². The predicted octanol–water partition coefficient (Wildman–Crippen LogP) is 5.12. The lowest BCUT2D eigenvalue weighted by molar-refractivity contribution is 0.0403. The summed E-state index contributed by atoms with van der Waals surface area (Å²) in [6.07, 6.45) is 0.0482. The number of carbonyl (C=O) groups is 1. The van der Waals surface area contributed by atoms with Crippen LogP contribution >= 0.6 is 0 Å². The molecule has 5 nitrogen and oxygen atoms in total. The minimum Gasteiger partial charge on any atom is -0.496 e. The summed E-state index contributed by atoms with van der Waals surface area (Å²) in [7, 11) is 1.59. The van der Waals surface area contributed by atoms with Gasteiger partial charge in [-0.15, -0.1) is 0 Å². The molecule has 0 saturated carbocycles. The van der Waals surface area contributed by atoms with Crippen molar-refractivity contribution < 1.29 is 23.1 Å². The van der Waals surface area contributed by atoms with Gasteiger partial charge in [0, 0.05) is 35.7 Å². The number of aryl methyl sites for hydroxylation is 1. The average molecular weight is 450 g/mol. The second-order valence-corrected chi connectivity index (χ2v) is 7.96. The Labute approximate surface area is 191 Å². The molecular weight excluding hydrogens is 426 g/mol. The number of oxime groups is 1. The maximum atomic E-state index is 14.4. The van der Waals surface area contributed by atoms with Gasteiger partial charge in [-0.3, -0.25) is 4.79 Å². The molecule has 7 heteroatoms. The van der Waals surface area contributed by atoms with Crippen LogP contribution in [0.1, 0.15) is 33.5 Å². The van der Waals surface area contributed by atoms with E-state index in [1.165, 1.54) is 17.0 Å². The van der Waals surface area contributed by atoms with E-state index in [9.17, 15) is 13.6 Å². The van der Waals surface area contributed by atoms with Gasteiger partial charge in [0.2, 0.25) is 0 Å². The highest BCUT2D eigenvalue weighted by Gasteiger charge is 2.29. The maximum absolute atomic E-state index is 14.4. The van der Waals surface area contributed by atoms with Crippen LogP contribution in [0.3, 0.4) is 0 Å². The number of ether oxygens (including phenoxy) is 1. The van der Waals surface area contributed by atoms with Gasteiger partial charge in [-0.1, -0.05) is 41.1 Å². The summed E-state index contributed by atoms with van der Waals surface area (Å²) in [6, 6.07) is 18.0. The van der Waals surface area contributed by atoms with Crippen LogP contribution in [0.2, 0.25) is 0 Å². The van der Waals surface area contributed by atoms with E-state index in [0.717, 1.165) is 17.2 Å². The molecule has 1 aliphatic rings. The Bertz CT molecular complexity index is 1180. The van der Waals surface area contributed by atoms with Crippen LogP contribution in [-0.4, -0.2) is 36.3 Å². The van der Waals surface area contributed by atoms with Crippen LogP contribution < -0.4 is 4.74 Å². The van der Waals surface area contributed by atoms with Crippen LogP contribution in [-0.2, 0) is 11.4 Å². The summed E-state index contributed by atoms with van der Waals surface area (Å²) in [5.41, 5.74) is 3.26. The van der Waals surface area contributed by atoms with Gasteiger partial charge < -0.3 is 14.5 Å². The van der Waals surface area contributed by atoms with Crippen molar-refractivity contribution in [1.29, 1.82) is 0 Å². The van der Waals surface area contributed by atoms with Crippen LogP contribution in [0, 0.1) is 18.6 Å². The fourth-order valence-corrected chi connectivity index (χ4v) is 3.77. The van der Waals surface area contributed by atoms with Gasteiger partial charge in [0.1, 0.15) is 17.4 Å². The number of halogens is 2. The summed E-state index contributed by atoms with van der Waals surface area (Å²) in [5, 5.41) is 4.20. The molecule has 1 aliphatic heterocycles. The van der Waals surface area contributed by atoms with E-state index in [4.69, 9.17) is 9.57 Å². The van der Waals surface area contributed by atoms with Gasteiger partial charge in [0.05, 0.1) is 19.4 Å². The molecule has 0 saturated heterocycles. The molecule has 0 bridgehead atoms. The topological polar surface area (TPSA) is 51.1 Å². The van der Waals surface area contributed by atoms with Crippen LogP contribution in [0.15, 0.2) is 71.9 Å². The zero-order valence-corrected chi connectivity index (χ0v) is 18.4. The van der Waals surface area contributed by atoms with E-state index in [-0.39, 0.29) is 24.6 Å². The third-order valence-corrected chi connectivity index (χ3v) is 5.54. The van der Waals surface area contributed by atoms with Crippen molar-refractivity contribution in [3.05, 3.63) is 101 Å². The molecule has 4 rings (SSSR count). The maximum Gasteiger partial charge on any atom is 0.254 e. The predicted molar refractivity (Wildman–Crippen MR) is 121 cm³/mol. The van der Waals surface area contributed by atoms with E-state index in [0.29, 0.717) is 23.4 Å². The second-order valence-electron chi connectivity index (χ2n) is 7.96. The van der Waals surface area contributed by atoms with E-state index < -0.39 is 17.7 Å². The molecular formula is C26H24F2N2O3. The smallest absolute Gasteiger partial charge is 0.254 e. The molecule has 3 aromatic carbocycles. The van der Waals surface area contributed by atoms with Crippen LogP contribution in [0.4, 0.5) is 8.78 Å². The summed E-state index contributed by atoms with van der Waals surface area (Å²) >= 11 is 0. The first-order chi connectivity index (χ1) is 15.9. The van der Waals surface area contributed by atoms with Gasteiger partial charge in [-0.2, -0.15) is 0 Å². The van der Waals surface area contributed by atoms with Crippen molar-refractivity contribution in [3.8, 4) is 5.75 Å². The third-order valence-electron chi connectivity index (χ3n) is 5.54. The standard InChI is InChI=1S/C26H24F2N2O3/c1-17-7-9-18(10-8-17)26(31)30(15-19-11-12-20(27)13-23(19)28)16-21-14-24(29-33-21)22-5-3-4-6-25(22)32-2/h3-13,21H,14-16H2,1-2H3. The van der Waals surface area contributed by atoms with Crippen molar-refractivity contribution >= 4 is 11.6 Å². The first-order valence-corrected chi connectivity index (χ1v) is 10.6. The molecule has 0 aliphatic carbocycles. The van der Waals surface area contributed by atoms with E-state index in [2.05, 4.69) is 5.16 Å². The van der Waals surface area contributed by atoms with Gasteiger partial charge in [-0.05, 0) is 37.3 Å². The fraction of sp³-hybridized carbons (Fsp3) is 0.231. The molecule has 170 valence electrons. The Hall–Kier alpha value is -3.74. The number of carbonyl (C=O) groups excluding carboxylic acids is 1. The number of benzene rings is 3. The van der Waals surface area contributed by atoms with Crippen molar-refractivity contribution in [2.75, 3.05) is 13.7 Å². The molecule has 0 fully saturated rings. The zero-order chi connectivity index (χ0) is 23.4. The minimum absolute atomic E-state index is 0.0251. The third kappa shape index (κ3) is 5.19. The van der Waals surface area contributed by atoms with Crippen molar-refractivity contribution in [2.45, 2.75) is 26.0 Å². The number of methoxy groups -OCH3 is 1. The molecule has 1 atom stereocenters. The Balaban J connectivity index is 1.55. The van der Waals surface area contributed by atoms with E-state index in [1.54, 1.807) is 19.2 Å². The number of hydrogen-bond acceptors (Lipinski definition) is 4. The molecule has 1 amide bonds. The quantitative estimate of drug-likeness (QED) is 0.502. The summed E-state index contributed by atoms with van der Waals surface area (Å²) in [6.45, 7) is 2.09. The van der Waals surface area contributed by atoms with Crippen molar-refractivity contribution in [1.82, 2.24) is 4.90 Å². The highest BCUT2D eigenvalue weighted by Crippen LogP contribution is 2.26. The highest BCUT2D eigenvalue weighted by molar-refractivity contribution is 6.03. The van der Waals surface area contributed by atoms with Crippen molar-refractivity contribution in [2.24, 2.45) is 5.16 Å². The second kappa shape index (κ2) is 9.81. The Kier molecular flexibility index (Phi) is 6.68. The molecule has 0 radical (unpaired) electrons. The van der Waals surface area contributed by atoms with Gasteiger partial charge in [0.15, 0.2) is 6.10 Å². The van der Waals surface area contributed by atoms with Crippen LogP contribution in [0.25, 0.3) is 0 Å². The molecule has 3 aromatic rings. The molecule has 1 unspecified atom stereocenters. The Morgan fingerprint density at radius 3 is 2.61 bits per heavy atom. The molecule has 0 N–H and O–H groups in total. The highest BCUT2D eigenvalue weighted by atomic mass is 19.1. The van der Waals surface area contributed by atoms with Crippen molar-refractivity contribution in [3.63, 3.8) is 0 Å². The van der Waals surface area contributed by atoms with E-state index in [1.807, 2.05) is 43.3 Å². The molecule has 0 spiro atoms. The Morgan fingerprint density at radius 2 is 1.88 bits per heavy atom. The first-order valence-electron chi connectivity index (χ1n) is 10.6. The monoisotopic (exact) mass is 450 g/mol. The van der Waals surface area contributed by atoms with Gasteiger partial charge >= 0.3 is 0 Å². The van der Waals surface area contributed by atoms with E-state index >= 15 is 0 Å². The summed E-state index contributed by atoms with van der Waals surface area (Å²) < 4.78 is 33.1. The molecule has 33 heavy (non-hydrogen) atoms. The first kappa shape index (κ1) is 22.5. The SMILES string of the molecule is COc1ccccc1C1=NOC(CN(Cc2ccc(F)cc2F)C(=O)c2ccc(C)cc2)C1. The number of nitrogens with zero attached hydrogens (tertiary/aromatic N) is 2. The number of para-hydroxylation sites is 1. The largest absolute Gasteiger partial charge is 0.496 e. The molecule has 1 heterocycles. The summed E-state index contributed by atoms with van der Waals surface area (Å²) in [5.74, 6) is -0.953. The average Bonchev–Trinajstić information content (AvgIpc) is 3.28. The van der Waals surface area contributed by atoms with Gasteiger partial charge in [0.25, 0.3) is 5.91 Å². The lowest BCUT2D eigenvalue weighted by Gasteiger charge is -2.25. The Morgan fingerprint density at radius 1 is 1.12 bits per heavy atom. The van der Waals surface area contributed by atoms with Crippen LogP contribution in [0.5, 0.6) is 5.75 Å². The zero-order valence-electron chi connectivity index (χ0n) is 18.4. The summed E-state index contributed by atoms with van der Waals surface area (Å²) in [4.78, 5) is 20.4. The number of amides is 1. The number of hydrogen-bond donors (Lipinski definition) is 0. The number of rotatable bonds is 7.